The topological polar surface area (TPSA) is 125 Å². The molecule has 0 aliphatic carbocycles. The molecule has 0 aromatic carbocycles. The summed E-state index contributed by atoms with van der Waals surface area (Å²) in [5, 5.41) is 10.2. The van der Waals surface area contributed by atoms with E-state index in [0.717, 1.165) is 0 Å². The van der Waals surface area contributed by atoms with Crippen molar-refractivity contribution in [1.29, 1.82) is 0 Å². The van der Waals surface area contributed by atoms with E-state index in [2.05, 4.69) is 24.9 Å². The number of nitrogens with zero attached hydrogens (tertiary/aromatic N) is 4. The van der Waals surface area contributed by atoms with Crippen LogP contribution in [0.25, 0.3) is 22.4 Å². The van der Waals surface area contributed by atoms with Crippen molar-refractivity contribution in [3.8, 4) is 23.3 Å². The number of ether oxygens (including phenoxy) is 4. The van der Waals surface area contributed by atoms with Gasteiger partial charge in [-0.3, -0.25) is 0 Å². The second-order valence-electron chi connectivity index (χ2n) is 6.51. The molecule has 4 atom stereocenters. The summed E-state index contributed by atoms with van der Waals surface area (Å²) < 4.78 is 22.0. The van der Waals surface area contributed by atoms with Crippen LogP contribution in [-0.2, 0) is 9.47 Å². The molecule has 5 heterocycles. The van der Waals surface area contributed by atoms with Gasteiger partial charge in [0.05, 0.1) is 36.6 Å². The van der Waals surface area contributed by atoms with Crippen LogP contribution in [0.2, 0.25) is 5.02 Å². The number of aromatic nitrogens is 5. The number of H-pyrrole nitrogens is 1. The van der Waals surface area contributed by atoms with Gasteiger partial charge in [0.2, 0.25) is 0 Å². The molecular formula is C17H16ClN5O5. The number of methoxy groups -OCH3 is 1. The molecule has 3 aromatic heterocycles. The Morgan fingerprint density at radius 1 is 1.18 bits per heavy atom. The maximum atomic E-state index is 9.83. The van der Waals surface area contributed by atoms with Crippen LogP contribution >= 0.6 is 11.6 Å². The lowest BCUT2D eigenvalue weighted by Gasteiger charge is -2.15. The van der Waals surface area contributed by atoms with E-state index in [1.807, 2.05) is 0 Å². The Hall–Kier alpha value is -2.53. The molecule has 0 bridgehead atoms. The standard InChI is InChI=1S/C17H16ClN5O5/c1-25-16-19-3-7(4-20-16)12-8(18)2-9-15(22-12)23-17(21-9)28-11-6-27-13-10(24)5-26-14(11)13/h2-4,10-11,13-14,24H,5-6H2,1H3,(H,21,22,23)/t10-,11-,13-,14-/m1/s1. The third kappa shape index (κ3) is 2.94. The van der Waals surface area contributed by atoms with Gasteiger partial charge in [-0.05, 0) is 6.07 Å². The van der Waals surface area contributed by atoms with Gasteiger partial charge in [0, 0.05) is 18.0 Å². The molecule has 3 aromatic rings. The van der Waals surface area contributed by atoms with Crippen molar-refractivity contribution in [1.82, 2.24) is 24.9 Å². The monoisotopic (exact) mass is 405 g/mol. The zero-order chi connectivity index (χ0) is 19.3. The van der Waals surface area contributed by atoms with E-state index in [1.54, 1.807) is 18.5 Å². The van der Waals surface area contributed by atoms with Gasteiger partial charge < -0.3 is 29.0 Å². The van der Waals surface area contributed by atoms with E-state index in [0.29, 0.717) is 34.1 Å². The van der Waals surface area contributed by atoms with Crippen LogP contribution in [0, 0.1) is 0 Å². The summed E-state index contributed by atoms with van der Waals surface area (Å²) in [5.74, 6) is 0. The molecule has 0 radical (unpaired) electrons. The summed E-state index contributed by atoms with van der Waals surface area (Å²) in [6, 6.07) is 2.25. The molecule has 2 fully saturated rings. The minimum absolute atomic E-state index is 0.236. The number of rotatable bonds is 4. The summed E-state index contributed by atoms with van der Waals surface area (Å²) >= 11 is 6.37. The van der Waals surface area contributed by atoms with Crippen molar-refractivity contribution in [3.63, 3.8) is 0 Å². The highest BCUT2D eigenvalue weighted by Crippen LogP contribution is 2.31. The number of pyridine rings is 1. The number of fused-ring (bicyclic) bond motifs is 2. The minimum Gasteiger partial charge on any atom is -0.467 e. The van der Waals surface area contributed by atoms with Crippen LogP contribution in [0.1, 0.15) is 0 Å². The van der Waals surface area contributed by atoms with Crippen molar-refractivity contribution in [3.05, 3.63) is 23.5 Å². The molecule has 11 heteroatoms. The van der Waals surface area contributed by atoms with Crippen LogP contribution in [0.3, 0.4) is 0 Å². The zero-order valence-electron chi connectivity index (χ0n) is 14.7. The highest BCUT2D eigenvalue weighted by molar-refractivity contribution is 6.33. The molecule has 28 heavy (non-hydrogen) atoms. The predicted molar refractivity (Wildman–Crippen MR) is 96.4 cm³/mol. The quantitative estimate of drug-likeness (QED) is 0.653. The fourth-order valence-corrected chi connectivity index (χ4v) is 3.65. The lowest BCUT2D eigenvalue weighted by atomic mass is 10.1. The summed E-state index contributed by atoms with van der Waals surface area (Å²) in [7, 11) is 1.49. The van der Waals surface area contributed by atoms with Crippen molar-refractivity contribution >= 4 is 22.8 Å². The molecule has 5 rings (SSSR count). The maximum Gasteiger partial charge on any atom is 0.316 e. The summed E-state index contributed by atoms with van der Waals surface area (Å²) in [4.78, 5) is 20.1. The van der Waals surface area contributed by atoms with E-state index < -0.39 is 6.10 Å². The van der Waals surface area contributed by atoms with E-state index in [9.17, 15) is 5.11 Å². The Morgan fingerprint density at radius 3 is 2.75 bits per heavy atom. The average Bonchev–Trinajstić information content (AvgIpc) is 3.38. The number of aliphatic hydroxyl groups excluding tert-OH is 1. The Bertz CT molecular complexity index is 1010. The molecular weight excluding hydrogens is 390 g/mol. The van der Waals surface area contributed by atoms with Crippen LogP contribution in [0.15, 0.2) is 18.5 Å². The van der Waals surface area contributed by atoms with E-state index in [4.69, 9.17) is 30.5 Å². The molecule has 0 spiro atoms. The Morgan fingerprint density at radius 2 is 1.96 bits per heavy atom. The van der Waals surface area contributed by atoms with Gasteiger partial charge >= 0.3 is 6.01 Å². The third-order valence-corrected chi connectivity index (χ3v) is 5.02. The van der Waals surface area contributed by atoms with Crippen LogP contribution in [0.5, 0.6) is 12.0 Å². The number of aliphatic hydroxyl groups is 1. The molecule has 2 saturated heterocycles. The normalized spacial score (nSPS) is 26.5. The number of nitrogens with one attached hydrogen (secondary N) is 1. The van der Waals surface area contributed by atoms with E-state index in [1.165, 1.54) is 7.11 Å². The SMILES string of the molecule is COc1ncc(-c2nc3nc(O[C@@H]4CO[C@H]5[C@@H]4OC[C@H]5O)[nH]c3cc2Cl)cn1. The van der Waals surface area contributed by atoms with Crippen LogP contribution in [-0.4, -0.2) is 74.8 Å². The molecule has 10 nitrogen and oxygen atoms in total. The van der Waals surface area contributed by atoms with Crippen LogP contribution in [0.4, 0.5) is 0 Å². The third-order valence-electron chi connectivity index (χ3n) is 4.73. The number of aromatic amines is 1. The van der Waals surface area contributed by atoms with E-state index in [-0.39, 0.29) is 36.9 Å². The van der Waals surface area contributed by atoms with Crippen molar-refractivity contribution in [2.45, 2.75) is 24.4 Å². The Balaban J connectivity index is 1.41. The van der Waals surface area contributed by atoms with Crippen LogP contribution < -0.4 is 9.47 Å². The van der Waals surface area contributed by atoms with Gasteiger partial charge in [-0.15, -0.1) is 0 Å². The highest BCUT2D eigenvalue weighted by atomic mass is 35.5. The van der Waals surface area contributed by atoms with Gasteiger partial charge in [-0.2, -0.15) is 4.98 Å². The summed E-state index contributed by atoms with van der Waals surface area (Å²) in [6.45, 7) is 0.547. The maximum absolute atomic E-state index is 9.83. The van der Waals surface area contributed by atoms with Gasteiger partial charge in [-0.25, -0.2) is 15.0 Å². The fraction of sp³-hybridized carbons (Fsp3) is 0.412. The number of hydrogen-bond donors (Lipinski definition) is 2. The van der Waals surface area contributed by atoms with Gasteiger partial charge in [-0.1, -0.05) is 11.6 Å². The first kappa shape index (κ1) is 17.6. The largest absolute Gasteiger partial charge is 0.467 e. The molecule has 2 N–H and O–H groups in total. The molecule has 2 aliphatic heterocycles. The number of halogens is 1. The minimum atomic E-state index is -0.635. The molecule has 0 unspecified atom stereocenters. The fourth-order valence-electron chi connectivity index (χ4n) is 3.39. The van der Waals surface area contributed by atoms with Gasteiger partial charge in [0.1, 0.15) is 18.3 Å². The average molecular weight is 406 g/mol. The zero-order valence-corrected chi connectivity index (χ0v) is 15.5. The van der Waals surface area contributed by atoms with Gasteiger partial charge in [0.15, 0.2) is 11.8 Å². The number of hydrogen-bond acceptors (Lipinski definition) is 9. The first-order chi connectivity index (χ1) is 13.6. The summed E-state index contributed by atoms with van der Waals surface area (Å²) in [5.41, 5.74) is 2.20. The second-order valence-corrected chi connectivity index (χ2v) is 6.92. The molecule has 0 amide bonds. The first-order valence-corrected chi connectivity index (χ1v) is 9.01. The van der Waals surface area contributed by atoms with E-state index >= 15 is 0 Å². The predicted octanol–water partition coefficient (Wildman–Crippen LogP) is 0.983. The highest BCUT2D eigenvalue weighted by Gasteiger charge is 2.48. The van der Waals surface area contributed by atoms with Gasteiger partial charge in [0.25, 0.3) is 6.01 Å². The lowest BCUT2D eigenvalue weighted by Crippen LogP contribution is -2.34. The smallest absolute Gasteiger partial charge is 0.316 e. The lowest BCUT2D eigenvalue weighted by molar-refractivity contribution is 0.00706. The second kappa shape index (κ2) is 6.82. The molecule has 146 valence electrons. The van der Waals surface area contributed by atoms with Crippen molar-refractivity contribution in [2.24, 2.45) is 0 Å². The Labute approximate surface area is 163 Å². The van der Waals surface area contributed by atoms with Crippen molar-refractivity contribution in [2.75, 3.05) is 20.3 Å². The molecule has 2 aliphatic rings. The Kier molecular flexibility index (Phi) is 4.27. The summed E-state index contributed by atoms with van der Waals surface area (Å²) in [6.07, 6.45) is 1.45. The molecule has 0 saturated carbocycles. The number of imidazole rings is 1. The van der Waals surface area contributed by atoms with Crippen molar-refractivity contribution < 1.29 is 24.1 Å². The first-order valence-electron chi connectivity index (χ1n) is 8.63.